The van der Waals surface area contributed by atoms with Crippen LogP contribution in [0.5, 0.6) is 0 Å². The van der Waals surface area contributed by atoms with Gasteiger partial charge in [0, 0.05) is 58.9 Å². The smallest absolute Gasteiger partial charge is 0.242 e. The average molecular weight is 1740 g/mol. The van der Waals surface area contributed by atoms with Crippen molar-refractivity contribution in [2.24, 2.45) is 22.9 Å². The van der Waals surface area contributed by atoms with Crippen molar-refractivity contribution >= 4 is 59.6 Å². The van der Waals surface area contributed by atoms with Crippen LogP contribution < -0.4 is 22.9 Å². The predicted octanol–water partition coefficient (Wildman–Crippen LogP) is 19.1. The minimum Gasteiger partial charge on any atom is -0.368 e. The summed E-state index contributed by atoms with van der Waals surface area (Å²) in [6.45, 7) is 13.3. The second-order valence-electron chi connectivity index (χ2n) is 36.1. The van der Waals surface area contributed by atoms with Crippen molar-refractivity contribution in [2.45, 2.75) is 446 Å². The first kappa shape index (κ1) is 118. The zero-order valence-electron chi connectivity index (χ0n) is 80.9. The molecule has 10 amide bonds. The van der Waals surface area contributed by atoms with E-state index in [1.54, 1.807) is 9.80 Å². The van der Waals surface area contributed by atoms with E-state index in [-0.39, 0.29) is 124 Å². The number of nitrogens with two attached hydrogens (primary N) is 4. The van der Waals surface area contributed by atoms with Crippen molar-refractivity contribution in [3.63, 3.8) is 0 Å². The van der Waals surface area contributed by atoms with Gasteiger partial charge in [0.25, 0.3) is 0 Å². The Kier molecular flexibility index (Phi) is 83.4. The summed E-state index contributed by atoms with van der Waals surface area (Å²) in [7, 11) is 0. The number of primary amides is 1. The van der Waals surface area contributed by atoms with Crippen LogP contribution in [0.4, 0.5) is 0 Å². The number of carbonyl (C=O) groups excluding carboxylic acids is 10. The highest BCUT2D eigenvalue weighted by Crippen LogP contribution is 2.20. The molecule has 23 nitrogen and oxygen atoms in total. The highest BCUT2D eigenvalue weighted by atomic mass is 16.2. The summed E-state index contributed by atoms with van der Waals surface area (Å²) in [5.74, 6) is -4.04. The van der Waals surface area contributed by atoms with Gasteiger partial charge in [-0.2, -0.15) is 0 Å². The molecule has 23 heteroatoms. The molecule has 0 unspecified atom stereocenters. The fraction of sp³-hybridized carbons (Fsp3) is 0.900. The minimum atomic E-state index is -0.644. The number of nitrogens with zero attached hydrogens (tertiary/aromatic N) is 9. The molecule has 0 spiro atoms. The lowest BCUT2D eigenvalue weighted by Gasteiger charge is -2.33. The molecule has 0 aromatic heterocycles. The van der Waals surface area contributed by atoms with Crippen molar-refractivity contribution in [1.82, 2.24) is 44.1 Å². The van der Waals surface area contributed by atoms with Crippen molar-refractivity contribution in [3.8, 4) is 0 Å². The van der Waals surface area contributed by atoms with Gasteiger partial charge >= 0.3 is 0 Å². The Hall–Kier alpha value is -5.42. The molecule has 0 aliphatic rings. The number of carbonyl (C=O) groups is 10. The molecule has 0 aromatic carbocycles. The number of hydrogen-bond acceptors (Lipinski definition) is 13. The molecular formula is C100H195N13O10. The van der Waals surface area contributed by atoms with E-state index < -0.39 is 53.8 Å². The van der Waals surface area contributed by atoms with Gasteiger partial charge in [0.1, 0.15) is 0 Å². The van der Waals surface area contributed by atoms with E-state index in [2.05, 4.69) is 41.5 Å². The molecule has 0 atom stereocenters. The van der Waals surface area contributed by atoms with Crippen LogP contribution >= 0.6 is 0 Å². The first-order valence-corrected chi connectivity index (χ1v) is 51.8. The molecule has 0 saturated heterocycles. The molecule has 720 valence electrons. The zero-order valence-corrected chi connectivity index (χ0v) is 80.9. The lowest BCUT2D eigenvalue weighted by atomic mass is 10.1. The van der Waals surface area contributed by atoms with Gasteiger partial charge in [-0.15, -0.1) is 0 Å². The van der Waals surface area contributed by atoms with E-state index in [1.807, 2.05) is 0 Å². The van der Waals surface area contributed by atoms with Crippen LogP contribution in [0.15, 0.2) is 0 Å². The van der Waals surface area contributed by atoms with Crippen LogP contribution in [-0.2, 0) is 47.9 Å². The molecule has 123 heavy (non-hydrogen) atoms. The van der Waals surface area contributed by atoms with Gasteiger partial charge in [-0.05, 0) is 77.4 Å². The number of unbranched alkanes of at least 4 members (excludes halogenated alkanes) is 54. The molecule has 0 fully saturated rings. The molecule has 0 rings (SSSR count). The predicted molar refractivity (Wildman–Crippen MR) is 512 cm³/mol. The van der Waals surface area contributed by atoms with Gasteiger partial charge < -0.3 is 67.0 Å². The largest absolute Gasteiger partial charge is 0.368 e. The van der Waals surface area contributed by atoms with Crippen molar-refractivity contribution < 1.29 is 47.9 Å². The van der Waals surface area contributed by atoms with Crippen LogP contribution in [0.1, 0.15) is 446 Å². The van der Waals surface area contributed by atoms with Crippen LogP contribution in [-0.4, -0.2) is 241 Å². The second kappa shape index (κ2) is 87.3. The number of amides is 10. The van der Waals surface area contributed by atoms with Gasteiger partial charge in [-0.3, -0.25) is 47.9 Å². The zero-order chi connectivity index (χ0) is 90.5. The summed E-state index contributed by atoms with van der Waals surface area (Å²) < 4.78 is 0. The van der Waals surface area contributed by atoms with Crippen molar-refractivity contribution in [1.29, 1.82) is 0 Å². The van der Waals surface area contributed by atoms with Crippen LogP contribution in [0.25, 0.3) is 0 Å². The van der Waals surface area contributed by atoms with Crippen LogP contribution in [0.3, 0.4) is 0 Å². The summed E-state index contributed by atoms with van der Waals surface area (Å²) in [5, 5.41) is 0. The maximum Gasteiger partial charge on any atom is 0.242 e. The lowest BCUT2D eigenvalue weighted by molar-refractivity contribution is -0.149. The minimum absolute atomic E-state index is 0.102. The van der Waals surface area contributed by atoms with Crippen LogP contribution in [0.2, 0.25) is 0 Å². The third-order valence-electron chi connectivity index (χ3n) is 24.5. The molecule has 0 aliphatic carbocycles. The van der Waals surface area contributed by atoms with Crippen LogP contribution in [0, 0.1) is 0 Å². The highest BCUT2D eigenvalue weighted by Gasteiger charge is 2.32. The van der Waals surface area contributed by atoms with E-state index in [0.29, 0.717) is 64.5 Å². The SMILES string of the molecule is CCCCCCCCCCCCN(C=O)CC(=O)N(CCCN)CC(=O)N(CCCCCCCCCCCC)CC(=O)N(CCCCCCCCCCCC)CC(=O)N(CCCN)CC(=O)N(CCCCCCCCCCCC)CC(=O)N(CCCCCCCCCCCC)CC(=O)N(CCCN)CC(=O)N(CCCCCCCCCCCC)CC(N)=O. The molecule has 0 bridgehead atoms. The topological polar surface area (TPSA) is 304 Å². The molecular weight excluding hydrogens is 1540 g/mol. The number of hydrogen-bond donors (Lipinski definition) is 4. The van der Waals surface area contributed by atoms with E-state index in [9.17, 15) is 24.0 Å². The number of rotatable bonds is 94. The molecule has 0 heterocycles. The molecule has 0 saturated carbocycles. The maximum absolute atomic E-state index is 15.4. The summed E-state index contributed by atoms with van der Waals surface area (Å²) in [5.41, 5.74) is 24.1. The fourth-order valence-corrected chi connectivity index (χ4v) is 16.4. The van der Waals surface area contributed by atoms with E-state index in [4.69, 9.17) is 22.9 Å². The third kappa shape index (κ3) is 69.3. The summed E-state index contributed by atoms with van der Waals surface area (Å²) >= 11 is 0. The Balaban J connectivity index is 7.71. The fourth-order valence-electron chi connectivity index (χ4n) is 16.4. The normalized spacial score (nSPS) is 11.3. The van der Waals surface area contributed by atoms with E-state index in [1.165, 1.54) is 240 Å². The van der Waals surface area contributed by atoms with Gasteiger partial charge in [0.2, 0.25) is 59.6 Å². The Morgan fingerprint density at radius 3 is 0.455 bits per heavy atom. The maximum atomic E-state index is 15.4. The Morgan fingerprint density at radius 1 is 0.179 bits per heavy atom. The van der Waals surface area contributed by atoms with Gasteiger partial charge in [0.05, 0.1) is 58.9 Å². The molecule has 8 N–H and O–H groups in total. The molecule has 0 aromatic rings. The van der Waals surface area contributed by atoms with Gasteiger partial charge in [-0.25, -0.2) is 0 Å². The summed E-state index contributed by atoms with van der Waals surface area (Å²) in [6.07, 6.45) is 66.8. The summed E-state index contributed by atoms with van der Waals surface area (Å²) in [6, 6.07) is 0. The highest BCUT2D eigenvalue weighted by molar-refractivity contribution is 5.94. The Bertz CT molecular complexity index is 2550. The first-order valence-electron chi connectivity index (χ1n) is 51.8. The molecule has 0 radical (unpaired) electrons. The quantitative estimate of drug-likeness (QED) is 0.0326. The van der Waals surface area contributed by atoms with E-state index in [0.717, 1.165) is 154 Å². The average Bonchev–Trinajstić information content (AvgIpc) is 0.857. The second-order valence-corrected chi connectivity index (χ2v) is 36.1. The van der Waals surface area contributed by atoms with Crippen molar-refractivity contribution in [3.05, 3.63) is 0 Å². The first-order chi connectivity index (χ1) is 59.9. The lowest BCUT2D eigenvalue weighted by Crippen LogP contribution is -2.53. The Morgan fingerprint density at radius 2 is 0.309 bits per heavy atom. The van der Waals surface area contributed by atoms with Gasteiger partial charge in [0.15, 0.2) is 0 Å². The summed E-state index contributed by atoms with van der Waals surface area (Å²) in [4.78, 5) is 159. The van der Waals surface area contributed by atoms with Crippen molar-refractivity contribution in [2.75, 3.05) is 137 Å². The standard InChI is InChI=1S/C100H195N13O10/c1-7-13-19-25-31-37-43-49-55-61-73-105(91-114)83-93(116)111(79-67-70-101)89-97(120)107(75-63-57-51-45-39-33-27-21-15-9-3)85-95(118)110(78-66-60-54-48-42-36-30-24-18-12-6)88-100(123)113(81-69-72-103)90-98(121)108(76-64-58-52-46-40-34-28-22-16-10-4)86-96(119)109(77-65-59-53-47-41-35-29-23-17-11-5)87-99(122)112(80-68-71-102)84-94(117)106(82-92(104)115)74-62-56-50-44-38-32-26-20-14-8-2/h91H,7-90,101-103H2,1-6H3,(H2,104,115). The molecule has 0 aliphatic heterocycles. The monoisotopic (exact) mass is 1740 g/mol. The third-order valence-corrected chi connectivity index (χ3v) is 24.5. The Labute approximate surface area is 754 Å². The van der Waals surface area contributed by atoms with E-state index >= 15 is 24.0 Å². The van der Waals surface area contributed by atoms with Gasteiger partial charge in [-0.1, -0.05) is 388 Å².